The van der Waals surface area contributed by atoms with E-state index in [-0.39, 0.29) is 6.04 Å². The number of furan rings is 1. The van der Waals surface area contributed by atoms with Crippen LogP contribution in [0.15, 0.2) is 16.5 Å². The molecule has 2 saturated carbocycles. The number of rotatable bonds is 4. The van der Waals surface area contributed by atoms with Crippen molar-refractivity contribution < 1.29 is 9.15 Å². The van der Waals surface area contributed by atoms with Crippen LogP contribution in [0.4, 0.5) is 0 Å². The Bertz CT molecular complexity index is 364. The van der Waals surface area contributed by atoms with Crippen LogP contribution in [0.2, 0.25) is 0 Å². The fraction of sp³-hybridized carbons (Fsp3) is 0.692. The molecule has 3 rings (SSSR count). The first-order valence-electron chi connectivity index (χ1n) is 6.11. The van der Waals surface area contributed by atoms with Crippen molar-refractivity contribution in [3.63, 3.8) is 0 Å². The van der Waals surface area contributed by atoms with E-state index in [0.717, 1.165) is 23.4 Å². The molecule has 0 saturated heterocycles. The number of nitrogens with two attached hydrogens (primary N) is 1. The van der Waals surface area contributed by atoms with Crippen molar-refractivity contribution in [2.75, 3.05) is 7.11 Å². The van der Waals surface area contributed by atoms with E-state index in [1.54, 1.807) is 7.11 Å². The number of hydrogen-bond acceptors (Lipinski definition) is 3. The lowest BCUT2D eigenvalue weighted by Gasteiger charge is -2.18. The zero-order valence-electron chi connectivity index (χ0n) is 9.69. The summed E-state index contributed by atoms with van der Waals surface area (Å²) in [5, 5.41) is 0. The average Bonchev–Trinajstić information content (AvgIpc) is 2.74. The van der Waals surface area contributed by atoms with Gasteiger partial charge in [0, 0.05) is 7.11 Å². The third-order valence-electron chi connectivity index (χ3n) is 4.09. The highest BCUT2D eigenvalue weighted by Gasteiger charge is 2.47. The van der Waals surface area contributed by atoms with E-state index in [1.165, 1.54) is 19.3 Å². The average molecular weight is 221 g/mol. The first kappa shape index (κ1) is 10.4. The standard InChI is InChI=1S/C13H19NO2/c1-15-7-11-2-3-12(16-11)13(14)10-5-8-4-9(8)6-10/h2-3,8-10,13H,4-7,14H2,1H3. The lowest BCUT2D eigenvalue weighted by molar-refractivity contribution is 0.160. The van der Waals surface area contributed by atoms with Gasteiger partial charge in [0.25, 0.3) is 0 Å². The summed E-state index contributed by atoms with van der Waals surface area (Å²) in [6.45, 7) is 0.530. The van der Waals surface area contributed by atoms with Gasteiger partial charge >= 0.3 is 0 Å². The number of fused-ring (bicyclic) bond motifs is 1. The molecule has 1 heterocycles. The Morgan fingerprint density at radius 1 is 1.38 bits per heavy atom. The minimum Gasteiger partial charge on any atom is -0.462 e. The highest BCUT2D eigenvalue weighted by molar-refractivity contribution is 5.13. The lowest BCUT2D eigenvalue weighted by atomic mass is 9.93. The zero-order chi connectivity index (χ0) is 11.1. The first-order valence-corrected chi connectivity index (χ1v) is 6.11. The van der Waals surface area contributed by atoms with Crippen molar-refractivity contribution in [3.8, 4) is 0 Å². The molecule has 2 N–H and O–H groups in total. The number of ether oxygens (including phenoxy) is 1. The Balaban J connectivity index is 1.66. The SMILES string of the molecule is COCc1ccc(C(N)C2CC3CC3C2)o1. The molecule has 3 atom stereocenters. The van der Waals surface area contributed by atoms with Gasteiger partial charge in [0.2, 0.25) is 0 Å². The van der Waals surface area contributed by atoms with Crippen molar-refractivity contribution in [1.82, 2.24) is 0 Å². The van der Waals surface area contributed by atoms with E-state index < -0.39 is 0 Å². The summed E-state index contributed by atoms with van der Waals surface area (Å²) in [5.74, 6) is 4.38. The van der Waals surface area contributed by atoms with Gasteiger partial charge in [-0.1, -0.05) is 0 Å². The van der Waals surface area contributed by atoms with Crippen molar-refractivity contribution in [2.24, 2.45) is 23.5 Å². The molecule has 0 amide bonds. The Morgan fingerprint density at radius 2 is 2.12 bits per heavy atom. The lowest BCUT2D eigenvalue weighted by Crippen LogP contribution is -2.19. The van der Waals surface area contributed by atoms with E-state index in [9.17, 15) is 0 Å². The minimum absolute atomic E-state index is 0.0819. The minimum atomic E-state index is 0.0819. The van der Waals surface area contributed by atoms with Gasteiger partial charge in [0.1, 0.15) is 18.1 Å². The molecule has 3 heteroatoms. The fourth-order valence-electron chi connectivity index (χ4n) is 3.08. The maximum absolute atomic E-state index is 6.26. The summed E-state index contributed by atoms with van der Waals surface area (Å²) in [4.78, 5) is 0. The normalized spacial score (nSPS) is 33.8. The predicted octanol–water partition coefficient (Wildman–Crippen LogP) is 2.47. The third kappa shape index (κ3) is 1.78. The van der Waals surface area contributed by atoms with Crippen molar-refractivity contribution in [1.29, 1.82) is 0 Å². The van der Waals surface area contributed by atoms with Gasteiger partial charge in [-0.25, -0.2) is 0 Å². The van der Waals surface area contributed by atoms with Crippen LogP contribution in [-0.4, -0.2) is 7.11 Å². The molecule has 0 aliphatic heterocycles. The maximum atomic E-state index is 6.26. The molecule has 0 bridgehead atoms. The highest BCUT2D eigenvalue weighted by atomic mass is 16.5. The van der Waals surface area contributed by atoms with Crippen LogP contribution in [0.1, 0.15) is 36.8 Å². The predicted molar refractivity (Wildman–Crippen MR) is 60.7 cm³/mol. The number of methoxy groups -OCH3 is 1. The van der Waals surface area contributed by atoms with Crippen LogP contribution < -0.4 is 5.73 Å². The summed E-state index contributed by atoms with van der Waals surface area (Å²) < 4.78 is 10.7. The van der Waals surface area contributed by atoms with Gasteiger partial charge in [-0.15, -0.1) is 0 Å². The van der Waals surface area contributed by atoms with E-state index >= 15 is 0 Å². The molecule has 2 aliphatic rings. The molecule has 0 aromatic carbocycles. The van der Waals surface area contributed by atoms with Gasteiger partial charge in [0.05, 0.1) is 6.04 Å². The molecular weight excluding hydrogens is 202 g/mol. The Kier molecular flexibility index (Phi) is 2.52. The first-order chi connectivity index (χ1) is 7.78. The second-order valence-corrected chi connectivity index (χ2v) is 5.25. The largest absolute Gasteiger partial charge is 0.462 e. The molecular formula is C13H19NO2. The molecule has 1 aromatic rings. The fourth-order valence-corrected chi connectivity index (χ4v) is 3.08. The molecule has 2 aliphatic carbocycles. The van der Waals surface area contributed by atoms with Gasteiger partial charge in [-0.05, 0) is 49.1 Å². The van der Waals surface area contributed by atoms with Crippen LogP contribution in [-0.2, 0) is 11.3 Å². The summed E-state index contributed by atoms with van der Waals surface area (Å²) in [6, 6.07) is 4.05. The van der Waals surface area contributed by atoms with Crippen molar-refractivity contribution in [3.05, 3.63) is 23.7 Å². The molecule has 2 fully saturated rings. The summed E-state index contributed by atoms with van der Waals surface area (Å²) in [7, 11) is 1.67. The van der Waals surface area contributed by atoms with E-state index in [0.29, 0.717) is 12.5 Å². The topological polar surface area (TPSA) is 48.4 Å². The second-order valence-electron chi connectivity index (χ2n) is 5.25. The van der Waals surface area contributed by atoms with E-state index in [2.05, 4.69) is 0 Å². The molecule has 1 aromatic heterocycles. The Morgan fingerprint density at radius 3 is 2.81 bits per heavy atom. The summed E-state index contributed by atoms with van der Waals surface area (Å²) >= 11 is 0. The number of hydrogen-bond donors (Lipinski definition) is 1. The zero-order valence-corrected chi connectivity index (χ0v) is 9.69. The van der Waals surface area contributed by atoms with Crippen LogP contribution in [0.3, 0.4) is 0 Å². The van der Waals surface area contributed by atoms with Crippen LogP contribution in [0, 0.1) is 17.8 Å². The van der Waals surface area contributed by atoms with Crippen molar-refractivity contribution >= 4 is 0 Å². The Labute approximate surface area is 96.0 Å². The molecule has 0 spiro atoms. The van der Waals surface area contributed by atoms with Crippen molar-refractivity contribution in [2.45, 2.75) is 31.9 Å². The quantitative estimate of drug-likeness (QED) is 0.849. The van der Waals surface area contributed by atoms with Gasteiger partial charge in [-0.2, -0.15) is 0 Å². The third-order valence-corrected chi connectivity index (χ3v) is 4.09. The summed E-state index contributed by atoms with van der Waals surface area (Å²) in [6.07, 6.45) is 4.04. The van der Waals surface area contributed by atoms with E-state index in [1.807, 2.05) is 12.1 Å². The van der Waals surface area contributed by atoms with Crippen LogP contribution in [0.25, 0.3) is 0 Å². The molecule has 3 unspecified atom stereocenters. The monoisotopic (exact) mass is 221 g/mol. The van der Waals surface area contributed by atoms with Gasteiger partial charge < -0.3 is 14.9 Å². The van der Waals surface area contributed by atoms with Gasteiger partial charge in [-0.3, -0.25) is 0 Å². The molecule has 16 heavy (non-hydrogen) atoms. The van der Waals surface area contributed by atoms with E-state index in [4.69, 9.17) is 14.9 Å². The van der Waals surface area contributed by atoms with Crippen LogP contribution in [0.5, 0.6) is 0 Å². The molecule has 88 valence electrons. The van der Waals surface area contributed by atoms with Gasteiger partial charge in [0.15, 0.2) is 0 Å². The highest BCUT2D eigenvalue weighted by Crippen LogP contribution is 2.56. The second kappa shape index (κ2) is 3.90. The smallest absolute Gasteiger partial charge is 0.129 e. The van der Waals surface area contributed by atoms with Crippen LogP contribution >= 0.6 is 0 Å². The maximum Gasteiger partial charge on any atom is 0.129 e. The summed E-state index contributed by atoms with van der Waals surface area (Å²) in [5.41, 5.74) is 6.26. The molecule has 3 nitrogen and oxygen atoms in total. The Hall–Kier alpha value is -0.800. The molecule has 0 radical (unpaired) electrons.